The summed E-state index contributed by atoms with van der Waals surface area (Å²) in [7, 11) is 0. The summed E-state index contributed by atoms with van der Waals surface area (Å²) in [5, 5.41) is 14.9. The molecule has 2 heterocycles. The Morgan fingerprint density at radius 2 is 1.96 bits per heavy atom. The van der Waals surface area contributed by atoms with E-state index in [1.54, 1.807) is 25.4 Å². The van der Waals surface area contributed by atoms with Gasteiger partial charge in [-0.15, -0.1) is 0 Å². The van der Waals surface area contributed by atoms with Crippen molar-refractivity contribution < 1.29 is 28.2 Å². The Morgan fingerprint density at radius 1 is 1.20 bits per heavy atom. The molecular weight excluding hydrogens is 582 g/mol. The lowest BCUT2D eigenvalue weighted by Crippen LogP contribution is -2.48. The number of nitrogens with zero attached hydrogens (tertiary/aromatic N) is 3. The molecule has 3 aliphatic carbocycles. The van der Waals surface area contributed by atoms with Crippen molar-refractivity contribution in [2.75, 3.05) is 32.8 Å². The fraction of sp³-hybridized carbons (Fsp3) is 0.606. The van der Waals surface area contributed by atoms with Gasteiger partial charge in [-0.3, -0.25) is 14.6 Å². The Balaban J connectivity index is 1.22. The fourth-order valence-corrected chi connectivity index (χ4v) is 7.20. The number of piperidine rings is 1. The van der Waals surface area contributed by atoms with Crippen LogP contribution in [0.1, 0.15) is 59.3 Å². The summed E-state index contributed by atoms with van der Waals surface area (Å²) < 4.78 is 35.8. The molecule has 0 spiro atoms. The number of nitrogens with two attached hydrogens (primary N) is 1. The Labute approximate surface area is 263 Å². The monoisotopic (exact) mass is 628 g/mol. The number of halogens is 2. The third-order valence-electron chi connectivity index (χ3n) is 9.72. The van der Waals surface area contributed by atoms with Crippen LogP contribution in [0.3, 0.4) is 0 Å². The van der Waals surface area contributed by atoms with Gasteiger partial charge in [0.15, 0.2) is 11.6 Å². The maximum Gasteiger partial charge on any atom is 0.245 e. The van der Waals surface area contributed by atoms with Crippen LogP contribution in [0.5, 0.6) is 0 Å². The minimum atomic E-state index is -0.997. The average molecular weight is 629 g/mol. The molecule has 5 atom stereocenters. The Morgan fingerprint density at radius 3 is 2.60 bits per heavy atom. The van der Waals surface area contributed by atoms with Gasteiger partial charge in [0, 0.05) is 61.2 Å². The second kappa shape index (κ2) is 14.2. The Bertz CT molecular complexity index is 1350. The normalized spacial score (nSPS) is 29.8. The summed E-state index contributed by atoms with van der Waals surface area (Å²) >= 11 is 0. The van der Waals surface area contributed by atoms with E-state index in [2.05, 4.69) is 17.6 Å². The van der Waals surface area contributed by atoms with E-state index in [1.807, 2.05) is 16.7 Å². The maximum absolute atomic E-state index is 15.4. The van der Waals surface area contributed by atoms with E-state index in [1.165, 1.54) is 6.20 Å². The molecule has 10 nitrogen and oxygen atoms in total. The second-order valence-corrected chi connectivity index (χ2v) is 12.5. The second-order valence-electron chi connectivity index (χ2n) is 12.5. The zero-order chi connectivity index (χ0) is 32.2. The Hall–Kier alpha value is -3.67. The fourth-order valence-electron chi connectivity index (χ4n) is 7.20. The smallest absolute Gasteiger partial charge is 0.245 e. The number of amides is 2. The number of nitrogens with one attached hydrogen (secondary N) is 2. The molecule has 2 amide bonds. The number of hydrogen-bond donors (Lipinski definition) is 4. The molecule has 0 bridgehead atoms. The van der Waals surface area contributed by atoms with Crippen molar-refractivity contribution in [1.29, 1.82) is 0 Å². The largest absolute Gasteiger partial charge is 0.490 e. The van der Waals surface area contributed by atoms with Gasteiger partial charge in [0.1, 0.15) is 12.4 Å². The SMILES string of the molecule is CCOC1=C(F)C(F)=C(/C(=C/N)N2C=CNC(=NC3CCC(C(=O)N4CCC(CNC(=O)CO)CC4)C(C)C3)C2CC)[C@@H]2C=C12. The molecule has 12 heteroatoms. The van der Waals surface area contributed by atoms with E-state index in [-0.39, 0.29) is 59.6 Å². The van der Waals surface area contributed by atoms with Crippen LogP contribution >= 0.6 is 0 Å². The molecule has 1 saturated carbocycles. The number of aliphatic hydroxyl groups is 1. The van der Waals surface area contributed by atoms with Gasteiger partial charge in [-0.05, 0) is 57.3 Å². The minimum absolute atomic E-state index is 0.0246. The first-order valence-electron chi connectivity index (χ1n) is 16.2. The van der Waals surface area contributed by atoms with Crippen molar-refractivity contribution in [2.24, 2.45) is 34.4 Å². The van der Waals surface area contributed by atoms with Crippen LogP contribution in [-0.2, 0) is 14.3 Å². The standard InChI is InChI=1S/C33H46F2N6O4/c1-4-25-32(37-10-13-41(25)26(16-36)28-23-15-24(23)31(45-5-2)30(35)29(28)34)39-21-6-7-22(19(3)14-21)33(44)40-11-8-20(9-12-40)17-38-27(43)18-42/h10,13,15-16,19-23,25,42H,4-9,11-12,14,17-18,36H2,1-3H3,(H,37,39)(H,38,43)/b26-16-/t19?,21?,22?,23-,25?/m1/s1. The zero-order valence-electron chi connectivity index (χ0n) is 26.4. The van der Waals surface area contributed by atoms with Crippen molar-refractivity contribution in [1.82, 2.24) is 20.4 Å². The van der Waals surface area contributed by atoms with E-state index in [0.29, 0.717) is 43.2 Å². The van der Waals surface area contributed by atoms with Crippen LogP contribution in [0.25, 0.3) is 0 Å². The molecule has 2 aliphatic heterocycles. The third-order valence-corrected chi connectivity index (χ3v) is 9.72. The lowest BCUT2D eigenvalue weighted by Gasteiger charge is -2.40. The predicted molar refractivity (Wildman–Crippen MR) is 167 cm³/mol. The van der Waals surface area contributed by atoms with Gasteiger partial charge in [0.05, 0.1) is 24.4 Å². The number of amidine groups is 1. The molecule has 2 fully saturated rings. The predicted octanol–water partition coefficient (Wildman–Crippen LogP) is 3.50. The van der Waals surface area contributed by atoms with E-state index in [0.717, 1.165) is 37.9 Å². The number of carbonyl (C=O) groups excluding carboxylic acids is 2. The first-order chi connectivity index (χ1) is 21.7. The molecule has 246 valence electrons. The lowest BCUT2D eigenvalue weighted by molar-refractivity contribution is -0.140. The van der Waals surface area contributed by atoms with Gasteiger partial charge in [0.2, 0.25) is 17.6 Å². The highest BCUT2D eigenvalue weighted by Crippen LogP contribution is 2.52. The number of allylic oxidation sites excluding steroid dienone is 5. The van der Waals surface area contributed by atoms with Gasteiger partial charge < -0.3 is 36.0 Å². The molecule has 5 rings (SSSR count). The van der Waals surface area contributed by atoms with Crippen molar-refractivity contribution >= 4 is 17.6 Å². The van der Waals surface area contributed by atoms with Gasteiger partial charge in [-0.1, -0.05) is 19.9 Å². The maximum atomic E-state index is 15.4. The first-order valence-corrected chi connectivity index (χ1v) is 16.2. The molecule has 5 N–H and O–H groups in total. The summed E-state index contributed by atoms with van der Waals surface area (Å²) in [4.78, 5) is 33.8. The molecule has 0 aromatic heterocycles. The molecule has 0 aromatic carbocycles. The average Bonchev–Trinajstić information content (AvgIpc) is 3.84. The number of fused-ring (bicyclic) bond motifs is 1. The number of rotatable bonds is 10. The van der Waals surface area contributed by atoms with Crippen molar-refractivity contribution in [3.8, 4) is 0 Å². The molecule has 0 aromatic rings. The molecule has 0 radical (unpaired) electrons. The highest BCUT2D eigenvalue weighted by atomic mass is 19.2. The number of hydrogen-bond acceptors (Lipinski definition) is 7. The Kier molecular flexibility index (Phi) is 10.3. The van der Waals surface area contributed by atoms with E-state index < -0.39 is 18.3 Å². The summed E-state index contributed by atoms with van der Waals surface area (Å²) in [6.07, 6.45) is 11.3. The van der Waals surface area contributed by atoms with Gasteiger partial charge >= 0.3 is 0 Å². The van der Waals surface area contributed by atoms with Crippen LogP contribution < -0.4 is 16.4 Å². The molecule has 4 unspecified atom stereocenters. The van der Waals surface area contributed by atoms with Crippen molar-refractivity contribution in [2.45, 2.75) is 71.4 Å². The van der Waals surface area contributed by atoms with Crippen LogP contribution in [0.2, 0.25) is 0 Å². The van der Waals surface area contributed by atoms with Gasteiger partial charge in [-0.2, -0.15) is 4.39 Å². The van der Waals surface area contributed by atoms with Crippen molar-refractivity contribution in [3.63, 3.8) is 0 Å². The van der Waals surface area contributed by atoms with Gasteiger partial charge in [0.25, 0.3) is 0 Å². The van der Waals surface area contributed by atoms with Crippen LogP contribution in [-0.4, -0.2) is 77.5 Å². The van der Waals surface area contributed by atoms with E-state index in [9.17, 15) is 9.59 Å². The van der Waals surface area contributed by atoms with Crippen LogP contribution in [0, 0.1) is 23.7 Å². The van der Waals surface area contributed by atoms with Crippen LogP contribution in [0.15, 0.2) is 63.9 Å². The summed E-state index contributed by atoms with van der Waals surface area (Å²) in [5.74, 6) is -1.37. The first kappa shape index (κ1) is 32.7. The van der Waals surface area contributed by atoms with E-state index >= 15 is 8.78 Å². The summed E-state index contributed by atoms with van der Waals surface area (Å²) in [6.45, 7) is 7.49. The highest BCUT2D eigenvalue weighted by Gasteiger charge is 2.45. The minimum Gasteiger partial charge on any atom is -0.490 e. The van der Waals surface area contributed by atoms with Crippen LogP contribution in [0.4, 0.5) is 8.78 Å². The molecular formula is C33H46F2N6O4. The highest BCUT2D eigenvalue weighted by molar-refractivity contribution is 5.90. The molecule has 5 aliphatic rings. The summed E-state index contributed by atoms with van der Waals surface area (Å²) in [6, 6.07) is -0.234. The van der Waals surface area contributed by atoms with Gasteiger partial charge in [-0.25, -0.2) is 4.39 Å². The van der Waals surface area contributed by atoms with E-state index in [4.69, 9.17) is 20.6 Å². The number of likely N-dealkylation sites (tertiary alicyclic amines) is 1. The number of ether oxygens (including phenoxy) is 1. The molecule has 1 saturated heterocycles. The lowest BCUT2D eigenvalue weighted by atomic mass is 9.77. The quantitative estimate of drug-likeness (QED) is 0.291. The number of aliphatic imine (C=N–C) groups is 1. The topological polar surface area (TPSA) is 133 Å². The number of aliphatic hydroxyl groups excluding tert-OH is 1. The molecule has 45 heavy (non-hydrogen) atoms. The zero-order valence-corrected chi connectivity index (χ0v) is 26.4. The third kappa shape index (κ3) is 6.80. The number of carbonyl (C=O) groups is 2. The van der Waals surface area contributed by atoms with Crippen molar-refractivity contribution in [3.05, 3.63) is 58.9 Å². The summed E-state index contributed by atoms with van der Waals surface area (Å²) in [5.41, 5.74) is 7.31.